The number of rotatable bonds is 8. The molecule has 2 N–H and O–H groups in total. The van der Waals surface area contributed by atoms with Crippen LogP contribution in [0.3, 0.4) is 0 Å². The predicted octanol–water partition coefficient (Wildman–Crippen LogP) is 1.48. The van der Waals surface area contributed by atoms with Gasteiger partial charge in [-0.2, -0.15) is 0 Å². The molecule has 98 valence electrons. The van der Waals surface area contributed by atoms with Gasteiger partial charge in [-0.15, -0.1) is 11.3 Å². The van der Waals surface area contributed by atoms with Gasteiger partial charge in [0, 0.05) is 16.3 Å². The topological polar surface area (TPSA) is 58.2 Å². The van der Waals surface area contributed by atoms with Gasteiger partial charge in [-0.1, -0.05) is 0 Å². The molecule has 0 unspecified atom stereocenters. The zero-order chi connectivity index (χ0) is 12.7. The first-order chi connectivity index (χ1) is 8.03. The Balaban J connectivity index is 2.29. The molecule has 1 rings (SSSR count). The first kappa shape index (κ1) is 14.6. The second-order valence-electron chi connectivity index (χ2n) is 3.96. The Morgan fingerprint density at radius 2 is 2.06 bits per heavy atom. The van der Waals surface area contributed by atoms with Gasteiger partial charge in [-0.3, -0.25) is 0 Å². The molecule has 0 aliphatic rings. The summed E-state index contributed by atoms with van der Waals surface area (Å²) in [4.78, 5) is 2.26. The van der Waals surface area contributed by atoms with Crippen LogP contribution < -0.4 is 10.0 Å². The molecule has 0 aromatic carbocycles. The summed E-state index contributed by atoms with van der Waals surface area (Å²) in [5.41, 5.74) is 0. The second kappa shape index (κ2) is 7.10. The van der Waals surface area contributed by atoms with Gasteiger partial charge in [0.1, 0.15) is 0 Å². The lowest BCUT2D eigenvalue weighted by atomic mass is 10.3. The molecule has 0 saturated heterocycles. The standard InChI is InChI=1S/C11H20N2O2S2/c1-10-5-6-11(16-10)9-13-17(14,15)8-4-3-7-12-2/h5-6,12-13H,3-4,7-9H2,1-2H3. The van der Waals surface area contributed by atoms with Gasteiger partial charge in [0.2, 0.25) is 10.0 Å². The molecular formula is C11H20N2O2S2. The van der Waals surface area contributed by atoms with Crippen molar-refractivity contribution < 1.29 is 8.42 Å². The summed E-state index contributed by atoms with van der Waals surface area (Å²) < 4.78 is 25.9. The van der Waals surface area contributed by atoms with Crippen molar-refractivity contribution in [3.05, 3.63) is 21.9 Å². The fourth-order valence-corrected chi connectivity index (χ4v) is 3.45. The molecule has 1 heterocycles. The van der Waals surface area contributed by atoms with Crippen LogP contribution in [0.1, 0.15) is 22.6 Å². The van der Waals surface area contributed by atoms with Crippen molar-refractivity contribution in [2.75, 3.05) is 19.3 Å². The van der Waals surface area contributed by atoms with Crippen LogP contribution in [0.25, 0.3) is 0 Å². The maximum Gasteiger partial charge on any atom is 0.211 e. The normalized spacial score (nSPS) is 11.9. The average molecular weight is 276 g/mol. The zero-order valence-corrected chi connectivity index (χ0v) is 12.0. The number of sulfonamides is 1. The van der Waals surface area contributed by atoms with Gasteiger partial charge < -0.3 is 5.32 Å². The maximum atomic E-state index is 11.6. The minimum atomic E-state index is -3.12. The molecule has 6 heteroatoms. The van der Waals surface area contributed by atoms with Gasteiger partial charge in [0.15, 0.2) is 0 Å². The van der Waals surface area contributed by atoms with Gasteiger partial charge in [-0.25, -0.2) is 13.1 Å². The van der Waals surface area contributed by atoms with Crippen LogP contribution in [0.2, 0.25) is 0 Å². The first-order valence-electron chi connectivity index (χ1n) is 5.71. The van der Waals surface area contributed by atoms with Crippen molar-refractivity contribution in [2.45, 2.75) is 26.3 Å². The molecule has 0 amide bonds. The molecule has 0 radical (unpaired) electrons. The molecule has 4 nitrogen and oxygen atoms in total. The molecule has 1 aromatic rings. The summed E-state index contributed by atoms with van der Waals surface area (Å²) in [6.07, 6.45) is 1.58. The number of hydrogen-bond donors (Lipinski definition) is 2. The van der Waals surface area contributed by atoms with Gasteiger partial charge in [0.25, 0.3) is 0 Å². The minimum Gasteiger partial charge on any atom is -0.320 e. The van der Waals surface area contributed by atoms with Crippen molar-refractivity contribution in [2.24, 2.45) is 0 Å². The molecular weight excluding hydrogens is 256 g/mol. The van der Waals surface area contributed by atoms with Crippen LogP contribution in [-0.4, -0.2) is 27.8 Å². The van der Waals surface area contributed by atoms with E-state index in [9.17, 15) is 8.42 Å². The van der Waals surface area contributed by atoms with Crippen molar-refractivity contribution in [3.8, 4) is 0 Å². The minimum absolute atomic E-state index is 0.207. The second-order valence-corrected chi connectivity index (χ2v) is 7.26. The predicted molar refractivity (Wildman–Crippen MR) is 72.8 cm³/mol. The van der Waals surface area contributed by atoms with E-state index >= 15 is 0 Å². The summed E-state index contributed by atoms with van der Waals surface area (Å²) in [5, 5.41) is 3.00. The number of nitrogens with one attached hydrogen (secondary N) is 2. The molecule has 0 saturated carbocycles. The summed E-state index contributed by atoms with van der Waals surface area (Å²) in [7, 11) is -1.26. The number of hydrogen-bond acceptors (Lipinski definition) is 4. The number of unbranched alkanes of at least 4 members (excludes halogenated alkanes) is 1. The number of thiophene rings is 1. The third-order valence-electron chi connectivity index (χ3n) is 2.35. The quantitative estimate of drug-likeness (QED) is 0.707. The van der Waals surface area contributed by atoms with E-state index in [2.05, 4.69) is 10.0 Å². The Morgan fingerprint density at radius 3 is 2.65 bits per heavy atom. The van der Waals surface area contributed by atoms with E-state index in [1.165, 1.54) is 4.88 Å². The van der Waals surface area contributed by atoms with Gasteiger partial charge in [0.05, 0.1) is 5.75 Å². The fourth-order valence-electron chi connectivity index (χ4n) is 1.43. The van der Waals surface area contributed by atoms with Crippen LogP contribution in [0.15, 0.2) is 12.1 Å². The highest BCUT2D eigenvalue weighted by molar-refractivity contribution is 7.89. The van der Waals surface area contributed by atoms with E-state index in [0.717, 1.165) is 17.8 Å². The lowest BCUT2D eigenvalue weighted by molar-refractivity contribution is 0.576. The van der Waals surface area contributed by atoms with Crippen LogP contribution in [-0.2, 0) is 16.6 Å². The maximum absolute atomic E-state index is 11.6. The molecule has 0 atom stereocenters. The van der Waals surface area contributed by atoms with E-state index in [1.807, 2.05) is 26.1 Å². The molecule has 0 aliphatic heterocycles. The number of aryl methyl sites for hydroxylation is 1. The Labute approximate surface area is 107 Å². The SMILES string of the molecule is CNCCCCS(=O)(=O)NCc1ccc(C)s1. The first-order valence-corrected chi connectivity index (χ1v) is 8.17. The third-order valence-corrected chi connectivity index (χ3v) is 4.76. The third kappa shape index (κ3) is 6.16. The van der Waals surface area contributed by atoms with Crippen LogP contribution in [0, 0.1) is 6.92 Å². The largest absolute Gasteiger partial charge is 0.320 e. The van der Waals surface area contributed by atoms with Gasteiger partial charge >= 0.3 is 0 Å². The van der Waals surface area contributed by atoms with E-state index in [4.69, 9.17) is 0 Å². The van der Waals surface area contributed by atoms with Crippen LogP contribution >= 0.6 is 11.3 Å². The molecule has 0 aliphatic carbocycles. The zero-order valence-electron chi connectivity index (χ0n) is 10.3. The Bertz CT molecular complexity index is 426. The van der Waals surface area contributed by atoms with E-state index in [1.54, 1.807) is 11.3 Å². The smallest absolute Gasteiger partial charge is 0.211 e. The van der Waals surface area contributed by atoms with E-state index in [-0.39, 0.29) is 5.75 Å². The van der Waals surface area contributed by atoms with Crippen LogP contribution in [0.5, 0.6) is 0 Å². The highest BCUT2D eigenvalue weighted by Crippen LogP contribution is 2.14. The highest BCUT2D eigenvalue weighted by Gasteiger charge is 2.09. The van der Waals surface area contributed by atoms with Crippen molar-refractivity contribution in [1.29, 1.82) is 0 Å². The Morgan fingerprint density at radius 1 is 1.29 bits per heavy atom. The van der Waals surface area contributed by atoms with E-state index in [0.29, 0.717) is 13.0 Å². The molecule has 1 aromatic heterocycles. The Hall–Kier alpha value is -0.430. The highest BCUT2D eigenvalue weighted by atomic mass is 32.2. The fraction of sp³-hybridized carbons (Fsp3) is 0.636. The molecule has 0 bridgehead atoms. The summed E-state index contributed by atoms with van der Waals surface area (Å²) in [6, 6.07) is 3.96. The van der Waals surface area contributed by atoms with Crippen LogP contribution in [0.4, 0.5) is 0 Å². The van der Waals surface area contributed by atoms with Crippen molar-refractivity contribution in [3.63, 3.8) is 0 Å². The van der Waals surface area contributed by atoms with Crippen molar-refractivity contribution in [1.82, 2.24) is 10.0 Å². The van der Waals surface area contributed by atoms with E-state index < -0.39 is 10.0 Å². The lowest BCUT2D eigenvalue weighted by Crippen LogP contribution is -2.26. The molecule has 0 fully saturated rings. The average Bonchev–Trinajstić information content (AvgIpc) is 2.68. The summed E-state index contributed by atoms with van der Waals surface area (Å²) in [5.74, 6) is 0.207. The molecule has 0 spiro atoms. The van der Waals surface area contributed by atoms with Crippen molar-refractivity contribution >= 4 is 21.4 Å². The monoisotopic (exact) mass is 276 g/mol. The molecule has 17 heavy (non-hydrogen) atoms. The summed E-state index contributed by atoms with van der Waals surface area (Å²) in [6.45, 7) is 3.28. The Kier molecular flexibility index (Phi) is 6.11. The summed E-state index contributed by atoms with van der Waals surface area (Å²) >= 11 is 1.62. The van der Waals surface area contributed by atoms with Gasteiger partial charge in [-0.05, 0) is 45.5 Å². The lowest BCUT2D eigenvalue weighted by Gasteiger charge is -2.05.